The number of hydrogen-bond acceptors (Lipinski definition) is 6. The van der Waals surface area contributed by atoms with Crippen molar-refractivity contribution in [2.45, 2.75) is 0 Å². The molecule has 1 aliphatic heterocycles. The number of thiocarbonyl (C=S) groups is 1. The summed E-state index contributed by atoms with van der Waals surface area (Å²) in [5.74, 6) is 0.663. The fraction of sp³-hybridized carbons (Fsp3) is 0.0455. The summed E-state index contributed by atoms with van der Waals surface area (Å²) < 4.78 is 29.7. The van der Waals surface area contributed by atoms with E-state index in [2.05, 4.69) is 15.6 Å². The molecule has 0 radical (unpaired) electrons. The minimum Gasteiger partial charge on any atom is -0.454 e. The molecular weight excluding hydrogens is 421 g/mol. The second-order valence-corrected chi connectivity index (χ2v) is 7.10. The molecule has 5 rings (SSSR count). The summed E-state index contributed by atoms with van der Waals surface area (Å²) in [6.45, 7) is 0.131. The minimum absolute atomic E-state index is 0.121. The lowest BCUT2D eigenvalue weighted by atomic mass is 10.2. The molecule has 0 saturated carbocycles. The number of rotatable bonds is 3. The number of anilines is 1. The molecule has 4 aromatic rings. The highest BCUT2D eigenvalue weighted by atomic mass is 32.1. The number of ether oxygens (including phenoxy) is 2. The maximum atomic E-state index is 13.5. The Morgan fingerprint density at radius 2 is 1.90 bits per heavy atom. The van der Waals surface area contributed by atoms with Crippen LogP contribution in [0.15, 0.2) is 65.1 Å². The van der Waals surface area contributed by atoms with Crippen molar-refractivity contribution >= 4 is 40.0 Å². The molecule has 3 aromatic carbocycles. The molecule has 0 fully saturated rings. The number of fused-ring (bicyclic) bond motifs is 2. The van der Waals surface area contributed by atoms with Gasteiger partial charge in [-0.1, -0.05) is 6.07 Å². The fourth-order valence-corrected chi connectivity index (χ4v) is 3.34. The van der Waals surface area contributed by atoms with Gasteiger partial charge in [-0.25, -0.2) is 9.37 Å². The minimum atomic E-state index is -0.383. The summed E-state index contributed by atoms with van der Waals surface area (Å²) in [5.41, 5.74) is 2.65. The van der Waals surface area contributed by atoms with Gasteiger partial charge in [0.15, 0.2) is 22.2 Å². The first kappa shape index (κ1) is 19.0. The fourth-order valence-electron chi connectivity index (χ4n) is 3.13. The zero-order valence-corrected chi connectivity index (χ0v) is 16.7. The summed E-state index contributed by atoms with van der Waals surface area (Å²) in [6.07, 6.45) is 0. The monoisotopic (exact) mass is 435 g/mol. The topological polar surface area (TPSA) is 85.6 Å². The molecule has 154 valence electrons. The van der Waals surface area contributed by atoms with Gasteiger partial charge in [0.25, 0.3) is 5.91 Å². The zero-order valence-electron chi connectivity index (χ0n) is 15.8. The van der Waals surface area contributed by atoms with E-state index >= 15 is 0 Å². The standard InChI is InChI=1S/C22H14FN3O4S/c23-14-3-1-2-13(8-14)21-25-16-10-15(5-7-17(16)30-21)24-22(31)26-20(27)12-4-6-18-19(9-12)29-11-28-18/h1-10H,11H2,(H2,24,26,27,31). The van der Waals surface area contributed by atoms with Crippen molar-refractivity contribution in [2.75, 3.05) is 12.1 Å². The number of halogens is 1. The number of amides is 1. The Balaban J connectivity index is 1.29. The largest absolute Gasteiger partial charge is 0.454 e. The van der Waals surface area contributed by atoms with Gasteiger partial charge in [-0.15, -0.1) is 0 Å². The maximum Gasteiger partial charge on any atom is 0.257 e. The van der Waals surface area contributed by atoms with E-state index in [4.69, 9.17) is 26.1 Å². The third kappa shape index (κ3) is 3.90. The predicted molar refractivity (Wildman–Crippen MR) is 116 cm³/mol. The van der Waals surface area contributed by atoms with Gasteiger partial charge in [0.2, 0.25) is 12.7 Å². The number of nitrogens with one attached hydrogen (secondary N) is 2. The highest BCUT2D eigenvalue weighted by molar-refractivity contribution is 7.80. The van der Waals surface area contributed by atoms with Crippen molar-refractivity contribution < 1.29 is 23.1 Å². The number of nitrogens with zero attached hydrogens (tertiary/aromatic N) is 1. The number of oxazole rings is 1. The van der Waals surface area contributed by atoms with Gasteiger partial charge < -0.3 is 19.2 Å². The maximum absolute atomic E-state index is 13.5. The zero-order chi connectivity index (χ0) is 21.4. The lowest BCUT2D eigenvalue weighted by molar-refractivity contribution is 0.0977. The van der Waals surface area contributed by atoms with Crippen LogP contribution in [0.2, 0.25) is 0 Å². The Hall–Kier alpha value is -3.98. The Kier molecular flexibility index (Phi) is 4.72. The lowest BCUT2D eigenvalue weighted by Crippen LogP contribution is -2.34. The molecule has 0 aliphatic carbocycles. The first-order valence-corrected chi connectivity index (χ1v) is 9.64. The average Bonchev–Trinajstić information content (AvgIpc) is 3.39. The molecule has 2 heterocycles. The summed E-state index contributed by atoms with van der Waals surface area (Å²) in [7, 11) is 0. The van der Waals surface area contributed by atoms with Crippen molar-refractivity contribution in [3.8, 4) is 23.0 Å². The molecular formula is C22H14FN3O4S. The third-order valence-corrected chi connectivity index (χ3v) is 4.78. The summed E-state index contributed by atoms with van der Waals surface area (Å²) in [4.78, 5) is 16.9. The van der Waals surface area contributed by atoms with Crippen LogP contribution in [0, 0.1) is 5.82 Å². The van der Waals surface area contributed by atoms with E-state index in [1.54, 1.807) is 48.5 Å². The molecule has 31 heavy (non-hydrogen) atoms. The molecule has 1 aliphatic rings. The van der Waals surface area contributed by atoms with Crippen molar-refractivity contribution in [2.24, 2.45) is 0 Å². The van der Waals surface area contributed by atoms with E-state index in [0.29, 0.717) is 45.3 Å². The van der Waals surface area contributed by atoms with E-state index in [0.717, 1.165) is 0 Å². The molecule has 2 N–H and O–H groups in total. The molecule has 0 saturated heterocycles. The van der Waals surface area contributed by atoms with Gasteiger partial charge in [-0.05, 0) is 66.8 Å². The smallest absolute Gasteiger partial charge is 0.257 e. The van der Waals surface area contributed by atoms with Crippen LogP contribution >= 0.6 is 12.2 Å². The second kappa shape index (κ2) is 7.69. The molecule has 0 bridgehead atoms. The summed E-state index contributed by atoms with van der Waals surface area (Å²) >= 11 is 5.25. The summed E-state index contributed by atoms with van der Waals surface area (Å²) in [5, 5.41) is 5.69. The van der Waals surface area contributed by atoms with E-state index in [-0.39, 0.29) is 23.6 Å². The lowest BCUT2D eigenvalue weighted by Gasteiger charge is -2.09. The van der Waals surface area contributed by atoms with Crippen LogP contribution in [0.3, 0.4) is 0 Å². The Bertz CT molecular complexity index is 1340. The van der Waals surface area contributed by atoms with Gasteiger partial charge in [-0.2, -0.15) is 0 Å². The van der Waals surface area contributed by atoms with Crippen molar-refractivity contribution in [3.63, 3.8) is 0 Å². The molecule has 0 spiro atoms. The van der Waals surface area contributed by atoms with Crippen LogP contribution in [-0.2, 0) is 0 Å². The predicted octanol–water partition coefficient (Wildman–Crippen LogP) is 4.49. The van der Waals surface area contributed by atoms with Gasteiger partial charge in [0.1, 0.15) is 11.3 Å². The van der Waals surface area contributed by atoms with Crippen LogP contribution < -0.4 is 20.1 Å². The van der Waals surface area contributed by atoms with Crippen molar-refractivity contribution in [1.29, 1.82) is 0 Å². The number of benzene rings is 3. The molecule has 0 atom stereocenters. The number of hydrogen-bond donors (Lipinski definition) is 2. The van der Waals surface area contributed by atoms with Crippen molar-refractivity contribution in [1.82, 2.24) is 10.3 Å². The van der Waals surface area contributed by atoms with Gasteiger partial charge in [0, 0.05) is 16.8 Å². The number of carbonyl (C=O) groups is 1. The average molecular weight is 435 g/mol. The van der Waals surface area contributed by atoms with Crippen LogP contribution in [0.4, 0.5) is 10.1 Å². The van der Waals surface area contributed by atoms with E-state index in [1.807, 2.05) is 0 Å². The van der Waals surface area contributed by atoms with Crippen LogP contribution in [0.1, 0.15) is 10.4 Å². The highest BCUT2D eigenvalue weighted by Crippen LogP contribution is 2.32. The van der Waals surface area contributed by atoms with E-state index in [1.165, 1.54) is 12.1 Å². The first-order valence-electron chi connectivity index (χ1n) is 9.24. The van der Waals surface area contributed by atoms with Crippen LogP contribution in [-0.4, -0.2) is 22.8 Å². The molecule has 0 unspecified atom stereocenters. The molecule has 7 nitrogen and oxygen atoms in total. The van der Waals surface area contributed by atoms with Crippen LogP contribution in [0.5, 0.6) is 11.5 Å². The molecule has 1 amide bonds. The first-order chi connectivity index (χ1) is 15.0. The normalized spacial score (nSPS) is 12.0. The molecule has 9 heteroatoms. The van der Waals surface area contributed by atoms with E-state index in [9.17, 15) is 9.18 Å². The Morgan fingerprint density at radius 1 is 1.03 bits per heavy atom. The Labute approximate surface area is 180 Å². The number of aromatic nitrogens is 1. The third-order valence-electron chi connectivity index (χ3n) is 4.58. The van der Waals surface area contributed by atoms with Gasteiger partial charge in [0.05, 0.1) is 0 Å². The summed E-state index contributed by atoms with van der Waals surface area (Å²) in [6, 6.07) is 16.1. The Morgan fingerprint density at radius 3 is 2.77 bits per heavy atom. The molecule has 1 aromatic heterocycles. The highest BCUT2D eigenvalue weighted by Gasteiger charge is 2.17. The number of carbonyl (C=O) groups excluding carboxylic acids is 1. The van der Waals surface area contributed by atoms with Crippen LogP contribution in [0.25, 0.3) is 22.6 Å². The van der Waals surface area contributed by atoms with Gasteiger partial charge in [-0.3, -0.25) is 10.1 Å². The van der Waals surface area contributed by atoms with Gasteiger partial charge >= 0.3 is 0 Å². The van der Waals surface area contributed by atoms with Crippen molar-refractivity contribution in [3.05, 3.63) is 72.0 Å². The van der Waals surface area contributed by atoms with E-state index < -0.39 is 0 Å². The quantitative estimate of drug-likeness (QED) is 0.459. The second-order valence-electron chi connectivity index (χ2n) is 6.69. The SMILES string of the molecule is O=C(NC(=S)Nc1ccc2oc(-c3cccc(F)c3)nc2c1)c1ccc2c(c1)OCO2.